The summed E-state index contributed by atoms with van der Waals surface area (Å²) < 4.78 is 5.34. The molecule has 146 valence electrons. The molecule has 4 rings (SSSR count). The fraction of sp³-hybridized carbons (Fsp3) is 0.368. The summed E-state index contributed by atoms with van der Waals surface area (Å²) in [4.78, 5) is 28.8. The lowest BCUT2D eigenvalue weighted by atomic mass is 10.2. The maximum absolute atomic E-state index is 12.8. The van der Waals surface area contributed by atoms with Gasteiger partial charge in [0.15, 0.2) is 11.5 Å². The van der Waals surface area contributed by atoms with Crippen LogP contribution in [0.3, 0.4) is 0 Å². The second-order valence-electron chi connectivity index (χ2n) is 6.89. The average Bonchev–Trinajstić information content (AvgIpc) is 3.38. The number of anilines is 2. The lowest BCUT2D eigenvalue weighted by Gasteiger charge is -2.34. The summed E-state index contributed by atoms with van der Waals surface area (Å²) in [7, 11) is 3.93. The van der Waals surface area contributed by atoms with Crippen LogP contribution in [-0.4, -0.2) is 66.2 Å². The largest absolute Gasteiger partial charge is 0.363 e. The molecule has 8 nitrogen and oxygen atoms in total. The van der Waals surface area contributed by atoms with Crippen molar-refractivity contribution in [3.05, 3.63) is 41.0 Å². The molecule has 0 radical (unpaired) electrons. The highest BCUT2D eigenvalue weighted by molar-refractivity contribution is 7.13. The Balaban J connectivity index is 1.42. The molecular weight excluding hydrogens is 376 g/mol. The molecule has 0 bridgehead atoms. The van der Waals surface area contributed by atoms with Gasteiger partial charge < -0.3 is 19.2 Å². The highest BCUT2D eigenvalue weighted by Gasteiger charge is 2.26. The van der Waals surface area contributed by atoms with E-state index < -0.39 is 0 Å². The van der Waals surface area contributed by atoms with Crippen LogP contribution in [0.15, 0.2) is 34.2 Å². The van der Waals surface area contributed by atoms with Crippen molar-refractivity contribution in [1.82, 2.24) is 20.0 Å². The molecule has 4 heterocycles. The fourth-order valence-corrected chi connectivity index (χ4v) is 3.76. The second kappa shape index (κ2) is 7.59. The monoisotopic (exact) mass is 398 g/mol. The SMILES string of the molecule is Cc1cc(N(C)C)nc(N2CCN(C(=O)c3cc(-c4cccs4)on3)CC2)n1. The van der Waals surface area contributed by atoms with Crippen LogP contribution in [0.2, 0.25) is 0 Å². The van der Waals surface area contributed by atoms with E-state index in [2.05, 4.69) is 20.0 Å². The van der Waals surface area contributed by atoms with Crippen LogP contribution < -0.4 is 9.80 Å². The van der Waals surface area contributed by atoms with Crippen molar-refractivity contribution < 1.29 is 9.32 Å². The number of thiophene rings is 1. The van der Waals surface area contributed by atoms with Gasteiger partial charge in [0.25, 0.3) is 5.91 Å². The third-order valence-corrected chi connectivity index (χ3v) is 5.51. The Morgan fingerprint density at radius 1 is 1.18 bits per heavy atom. The van der Waals surface area contributed by atoms with E-state index >= 15 is 0 Å². The molecule has 0 unspecified atom stereocenters. The van der Waals surface area contributed by atoms with Gasteiger partial charge >= 0.3 is 0 Å². The Labute approximate surface area is 167 Å². The van der Waals surface area contributed by atoms with Crippen LogP contribution in [0, 0.1) is 6.92 Å². The summed E-state index contributed by atoms with van der Waals surface area (Å²) in [6.07, 6.45) is 0. The Bertz CT molecular complexity index is 961. The number of piperazine rings is 1. The average molecular weight is 398 g/mol. The summed E-state index contributed by atoms with van der Waals surface area (Å²) in [5, 5.41) is 5.93. The van der Waals surface area contributed by atoms with Crippen LogP contribution in [0.25, 0.3) is 10.6 Å². The highest BCUT2D eigenvalue weighted by Crippen LogP contribution is 2.26. The van der Waals surface area contributed by atoms with E-state index in [0.29, 0.717) is 43.6 Å². The van der Waals surface area contributed by atoms with Crippen molar-refractivity contribution in [3.63, 3.8) is 0 Å². The topological polar surface area (TPSA) is 78.6 Å². The predicted molar refractivity (Wildman–Crippen MR) is 109 cm³/mol. The lowest BCUT2D eigenvalue weighted by Crippen LogP contribution is -2.49. The van der Waals surface area contributed by atoms with Crippen molar-refractivity contribution in [2.24, 2.45) is 0 Å². The number of amides is 1. The molecule has 1 aliphatic rings. The van der Waals surface area contributed by atoms with Gasteiger partial charge in [-0.05, 0) is 18.4 Å². The van der Waals surface area contributed by atoms with Gasteiger partial charge in [0, 0.05) is 58.1 Å². The molecule has 1 saturated heterocycles. The van der Waals surface area contributed by atoms with Crippen molar-refractivity contribution in [2.45, 2.75) is 6.92 Å². The Kier molecular flexibility index (Phi) is 4.99. The van der Waals surface area contributed by atoms with E-state index in [0.717, 1.165) is 16.4 Å². The standard InChI is InChI=1S/C19H22N6O2S/c1-13-11-17(23(2)3)21-19(20-13)25-8-6-24(7-9-25)18(26)14-12-15(27-22-14)16-5-4-10-28-16/h4-5,10-12H,6-9H2,1-3H3. The van der Waals surface area contributed by atoms with E-state index in [1.807, 2.05) is 49.5 Å². The summed E-state index contributed by atoms with van der Waals surface area (Å²) in [5.41, 5.74) is 1.27. The first-order valence-electron chi connectivity index (χ1n) is 9.09. The molecule has 3 aromatic heterocycles. The fourth-order valence-electron chi connectivity index (χ4n) is 3.09. The van der Waals surface area contributed by atoms with E-state index in [-0.39, 0.29) is 5.91 Å². The van der Waals surface area contributed by atoms with Crippen LogP contribution >= 0.6 is 11.3 Å². The zero-order valence-electron chi connectivity index (χ0n) is 16.1. The zero-order valence-corrected chi connectivity index (χ0v) is 16.9. The number of aromatic nitrogens is 3. The number of hydrogen-bond donors (Lipinski definition) is 0. The summed E-state index contributed by atoms with van der Waals surface area (Å²) in [5.74, 6) is 2.11. The molecule has 0 saturated carbocycles. The van der Waals surface area contributed by atoms with Gasteiger partial charge in [-0.25, -0.2) is 4.98 Å². The maximum atomic E-state index is 12.8. The Morgan fingerprint density at radius 3 is 2.64 bits per heavy atom. The zero-order chi connectivity index (χ0) is 19.7. The number of rotatable bonds is 4. The van der Waals surface area contributed by atoms with E-state index in [9.17, 15) is 4.79 Å². The minimum atomic E-state index is -0.106. The van der Waals surface area contributed by atoms with Gasteiger partial charge in [0.2, 0.25) is 5.95 Å². The first-order chi connectivity index (χ1) is 13.5. The van der Waals surface area contributed by atoms with Crippen molar-refractivity contribution in [3.8, 4) is 10.6 Å². The van der Waals surface area contributed by atoms with Gasteiger partial charge in [-0.1, -0.05) is 11.2 Å². The molecule has 9 heteroatoms. The number of hydrogen-bond acceptors (Lipinski definition) is 8. The van der Waals surface area contributed by atoms with Crippen molar-refractivity contribution in [2.75, 3.05) is 50.1 Å². The predicted octanol–water partition coefficient (Wildman–Crippen LogP) is 2.53. The van der Waals surface area contributed by atoms with Crippen LogP contribution in [-0.2, 0) is 0 Å². The molecule has 28 heavy (non-hydrogen) atoms. The molecule has 1 amide bonds. The Morgan fingerprint density at radius 2 is 1.96 bits per heavy atom. The molecule has 0 aliphatic carbocycles. The third-order valence-electron chi connectivity index (χ3n) is 4.63. The minimum absolute atomic E-state index is 0.106. The molecule has 0 atom stereocenters. The van der Waals surface area contributed by atoms with Gasteiger partial charge in [-0.2, -0.15) is 4.98 Å². The van der Waals surface area contributed by atoms with Gasteiger partial charge in [0.1, 0.15) is 5.82 Å². The van der Waals surface area contributed by atoms with Gasteiger partial charge in [-0.3, -0.25) is 4.79 Å². The molecule has 1 fully saturated rings. The van der Waals surface area contributed by atoms with E-state index in [4.69, 9.17) is 4.52 Å². The van der Waals surface area contributed by atoms with Gasteiger partial charge in [-0.15, -0.1) is 11.3 Å². The van der Waals surface area contributed by atoms with Gasteiger partial charge in [0.05, 0.1) is 4.88 Å². The third kappa shape index (κ3) is 3.70. The molecular formula is C19H22N6O2S. The van der Waals surface area contributed by atoms with Crippen molar-refractivity contribution in [1.29, 1.82) is 0 Å². The first kappa shape index (κ1) is 18.4. The smallest absolute Gasteiger partial charge is 0.276 e. The quantitative estimate of drug-likeness (QED) is 0.668. The normalized spacial score (nSPS) is 14.4. The van der Waals surface area contributed by atoms with E-state index in [1.165, 1.54) is 0 Å². The van der Waals surface area contributed by atoms with Crippen LogP contribution in [0.5, 0.6) is 0 Å². The molecule has 0 N–H and O–H groups in total. The number of nitrogens with zero attached hydrogens (tertiary/aromatic N) is 6. The minimum Gasteiger partial charge on any atom is -0.363 e. The Hall–Kier alpha value is -2.94. The summed E-state index contributed by atoms with van der Waals surface area (Å²) >= 11 is 1.56. The summed E-state index contributed by atoms with van der Waals surface area (Å²) in [6, 6.07) is 7.56. The highest BCUT2D eigenvalue weighted by atomic mass is 32.1. The first-order valence-corrected chi connectivity index (χ1v) is 9.97. The maximum Gasteiger partial charge on any atom is 0.276 e. The van der Waals surface area contributed by atoms with E-state index in [1.54, 1.807) is 22.3 Å². The lowest BCUT2D eigenvalue weighted by molar-refractivity contribution is 0.0736. The summed E-state index contributed by atoms with van der Waals surface area (Å²) in [6.45, 7) is 4.51. The second-order valence-corrected chi connectivity index (χ2v) is 7.84. The van der Waals surface area contributed by atoms with Crippen LogP contribution in [0.4, 0.5) is 11.8 Å². The van der Waals surface area contributed by atoms with Crippen LogP contribution in [0.1, 0.15) is 16.2 Å². The van der Waals surface area contributed by atoms with Crippen molar-refractivity contribution >= 4 is 29.0 Å². The number of aryl methyl sites for hydroxylation is 1. The number of carbonyl (C=O) groups excluding carboxylic acids is 1. The molecule has 1 aliphatic heterocycles. The molecule has 0 spiro atoms. The molecule has 3 aromatic rings. The molecule has 0 aromatic carbocycles. The number of carbonyl (C=O) groups is 1.